The van der Waals surface area contributed by atoms with Crippen LogP contribution in [0, 0.1) is 11.8 Å². The quantitative estimate of drug-likeness (QED) is 0.723. The summed E-state index contributed by atoms with van der Waals surface area (Å²) in [6.07, 6.45) is 9.95. The lowest BCUT2D eigenvalue weighted by Gasteiger charge is -2.31. The second-order valence-corrected chi connectivity index (χ2v) is 4.99. The van der Waals surface area contributed by atoms with Crippen LogP contribution in [-0.4, -0.2) is 19.1 Å². The van der Waals surface area contributed by atoms with Crippen LogP contribution < -0.4 is 11.1 Å². The average Bonchev–Trinajstić information content (AvgIpc) is 2.68. The molecule has 1 saturated heterocycles. The molecule has 2 nitrogen and oxygen atoms in total. The van der Waals surface area contributed by atoms with Crippen LogP contribution in [0.4, 0.5) is 0 Å². The van der Waals surface area contributed by atoms with E-state index in [1.165, 1.54) is 51.5 Å². The first-order chi connectivity index (χ1) is 6.92. The van der Waals surface area contributed by atoms with Gasteiger partial charge in [0.2, 0.25) is 0 Å². The van der Waals surface area contributed by atoms with Crippen molar-refractivity contribution in [2.24, 2.45) is 17.6 Å². The van der Waals surface area contributed by atoms with Crippen LogP contribution in [0.1, 0.15) is 44.9 Å². The molecule has 1 aliphatic carbocycles. The molecule has 2 unspecified atom stereocenters. The summed E-state index contributed by atoms with van der Waals surface area (Å²) in [7, 11) is 0. The minimum absolute atomic E-state index is 0.739. The van der Waals surface area contributed by atoms with E-state index in [1.807, 2.05) is 0 Å². The molecule has 2 atom stereocenters. The molecule has 3 N–H and O–H groups in total. The molecule has 1 aliphatic heterocycles. The lowest BCUT2D eigenvalue weighted by molar-refractivity contribution is 0.224. The van der Waals surface area contributed by atoms with Gasteiger partial charge in [-0.2, -0.15) is 0 Å². The van der Waals surface area contributed by atoms with E-state index in [0.29, 0.717) is 0 Å². The van der Waals surface area contributed by atoms with Crippen molar-refractivity contribution in [2.75, 3.05) is 13.1 Å². The molecule has 1 heterocycles. The minimum atomic E-state index is 0.739. The Bertz CT molecular complexity index is 164. The van der Waals surface area contributed by atoms with E-state index < -0.39 is 0 Å². The Labute approximate surface area is 87.6 Å². The molecular formula is C12H24N2. The average molecular weight is 196 g/mol. The summed E-state index contributed by atoms with van der Waals surface area (Å²) in [5.41, 5.74) is 5.66. The van der Waals surface area contributed by atoms with Crippen LogP contribution in [0.3, 0.4) is 0 Å². The van der Waals surface area contributed by atoms with Crippen LogP contribution >= 0.6 is 0 Å². The van der Waals surface area contributed by atoms with Crippen molar-refractivity contribution in [3.05, 3.63) is 0 Å². The summed E-state index contributed by atoms with van der Waals surface area (Å²) in [5.74, 6) is 1.95. The predicted molar refractivity (Wildman–Crippen MR) is 60.1 cm³/mol. The van der Waals surface area contributed by atoms with Crippen molar-refractivity contribution in [1.29, 1.82) is 0 Å². The smallest absolute Gasteiger partial charge is 0.0110 e. The highest BCUT2D eigenvalue weighted by atomic mass is 15.0. The van der Waals surface area contributed by atoms with Gasteiger partial charge in [-0.1, -0.05) is 32.1 Å². The zero-order valence-corrected chi connectivity index (χ0v) is 9.17. The molecular weight excluding hydrogens is 172 g/mol. The Hall–Kier alpha value is -0.0800. The normalized spacial score (nSPS) is 34.9. The first-order valence-electron chi connectivity index (χ1n) is 6.35. The Morgan fingerprint density at radius 2 is 1.86 bits per heavy atom. The van der Waals surface area contributed by atoms with Crippen LogP contribution in [0.5, 0.6) is 0 Å². The molecule has 0 aromatic carbocycles. The summed E-state index contributed by atoms with van der Waals surface area (Å²) in [6, 6.07) is 0.739. The molecule has 2 heteroatoms. The maximum atomic E-state index is 5.66. The highest BCUT2D eigenvalue weighted by molar-refractivity contribution is 4.89. The van der Waals surface area contributed by atoms with Crippen molar-refractivity contribution in [3.8, 4) is 0 Å². The van der Waals surface area contributed by atoms with Gasteiger partial charge in [-0.25, -0.2) is 0 Å². The fraction of sp³-hybridized carbons (Fsp3) is 1.00. The number of hydrogen-bond donors (Lipinski definition) is 2. The number of hydrogen-bond acceptors (Lipinski definition) is 2. The molecule has 0 aromatic heterocycles. The standard InChI is InChI=1S/C12H24N2/c13-8-6-12-11(7-9-14-12)10-4-2-1-3-5-10/h10-12,14H,1-9,13H2. The molecule has 2 aliphatic rings. The molecule has 82 valence electrons. The van der Waals surface area contributed by atoms with E-state index in [2.05, 4.69) is 5.32 Å². The summed E-state index contributed by atoms with van der Waals surface area (Å²) in [6.45, 7) is 2.08. The number of rotatable bonds is 3. The second kappa shape index (κ2) is 5.13. The third kappa shape index (κ3) is 2.29. The van der Waals surface area contributed by atoms with Crippen LogP contribution in [0.2, 0.25) is 0 Å². The van der Waals surface area contributed by atoms with Crippen molar-refractivity contribution >= 4 is 0 Å². The fourth-order valence-electron chi connectivity index (χ4n) is 3.41. The first kappa shape index (κ1) is 10.4. The molecule has 0 bridgehead atoms. The molecule has 1 saturated carbocycles. The Morgan fingerprint density at radius 3 is 2.57 bits per heavy atom. The largest absolute Gasteiger partial charge is 0.330 e. The predicted octanol–water partition coefficient (Wildman–Crippen LogP) is 1.89. The molecule has 0 amide bonds. The zero-order chi connectivity index (χ0) is 9.80. The molecule has 0 radical (unpaired) electrons. The number of nitrogens with two attached hydrogens (primary N) is 1. The first-order valence-corrected chi connectivity index (χ1v) is 6.35. The van der Waals surface area contributed by atoms with Gasteiger partial charge < -0.3 is 11.1 Å². The molecule has 0 aromatic rings. The molecule has 0 spiro atoms. The van der Waals surface area contributed by atoms with Crippen LogP contribution in [0.15, 0.2) is 0 Å². The monoisotopic (exact) mass is 196 g/mol. The zero-order valence-electron chi connectivity index (χ0n) is 9.17. The van der Waals surface area contributed by atoms with E-state index in [0.717, 1.165) is 24.4 Å². The summed E-state index contributed by atoms with van der Waals surface area (Å²) >= 11 is 0. The Morgan fingerprint density at radius 1 is 1.07 bits per heavy atom. The lowest BCUT2D eigenvalue weighted by atomic mass is 9.76. The fourth-order valence-corrected chi connectivity index (χ4v) is 3.41. The second-order valence-electron chi connectivity index (χ2n) is 4.99. The third-order valence-electron chi connectivity index (χ3n) is 4.13. The van der Waals surface area contributed by atoms with Gasteiger partial charge in [-0.3, -0.25) is 0 Å². The van der Waals surface area contributed by atoms with Gasteiger partial charge in [0, 0.05) is 6.04 Å². The SMILES string of the molecule is NCCC1NCCC1C1CCCCC1. The van der Waals surface area contributed by atoms with Gasteiger partial charge in [0.05, 0.1) is 0 Å². The summed E-state index contributed by atoms with van der Waals surface area (Å²) in [4.78, 5) is 0. The molecule has 2 fully saturated rings. The minimum Gasteiger partial charge on any atom is -0.330 e. The van der Waals surface area contributed by atoms with Crippen molar-refractivity contribution < 1.29 is 0 Å². The van der Waals surface area contributed by atoms with E-state index in [1.54, 1.807) is 0 Å². The van der Waals surface area contributed by atoms with E-state index in [4.69, 9.17) is 5.73 Å². The maximum absolute atomic E-state index is 5.66. The van der Waals surface area contributed by atoms with E-state index >= 15 is 0 Å². The number of nitrogens with one attached hydrogen (secondary N) is 1. The van der Waals surface area contributed by atoms with E-state index in [9.17, 15) is 0 Å². The van der Waals surface area contributed by atoms with Crippen LogP contribution in [0.25, 0.3) is 0 Å². The Kier molecular flexibility index (Phi) is 3.82. The van der Waals surface area contributed by atoms with Gasteiger partial charge >= 0.3 is 0 Å². The van der Waals surface area contributed by atoms with Gasteiger partial charge in [-0.15, -0.1) is 0 Å². The topological polar surface area (TPSA) is 38.0 Å². The van der Waals surface area contributed by atoms with Gasteiger partial charge in [0.25, 0.3) is 0 Å². The van der Waals surface area contributed by atoms with E-state index in [-0.39, 0.29) is 0 Å². The van der Waals surface area contributed by atoms with Gasteiger partial charge in [0.1, 0.15) is 0 Å². The Balaban J connectivity index is 1.87. The molecule has 14 heavy (non-hydrogen) atoms. The van der Waals surface area contributed by atoms with Gasteiger partial charge in [-0.05, 0) is 37.8 Å². The van der Waals surface area contributed by atoms with Gasteiger partial charge in [0.15, 0.2) is 0 Å². The van der Waals surface area contributed by atoms with Crippen molar-refractivity contribution in [3.63, 3.8) is 0 Å². The third-order valence-corrected chi connectivity index (χ3v) is 4.13. The highest BCUT2D eigenvalue weighted by Gasteiger charge is 2.33. The van der Waals surface area contributed by atoms with Crippen molar-refractivity contribution in [2.45, 2.75) is 51.0 Å². The summed E-state index contributed by atoms with van der Waals surface area (Å²) in [5, 5.41) is 3.62. The van der Waals surface area contributed by atoms with Crippen LogP contribution in [-0.2, 0) is 0 Å². The highest BCUT2D eigenvalue weighted by Crippen LogP contribution is 2.36. The maximum Gasteiger partial charge on any atom is 0.0110 e. The van der Waals surface area contributed by atoms with Crippen molar-refractivity contribution in [1.82, 2.24) is 5.32 Å². The molecule has 2 rings (SSSR count). The summed E-state index contributed by atoms with van der Waals surface area (Å²) < 4.78 is 0. The lowest BCUT2D eigenvalue weighted by Crippen LogP contribution is -2.33.